The minimum absolute atomic E-state index is 0.107. The Morgan fingerprint density at radius 1 is 0.895 bits per heavy atom. The Balaban J connectivity index is 1.57. The second-order valence-electron chi connectivity index (χ2n) is 7.97. The molecule has 0 bridgehead atoms. The first-order valence-electron chi connectivity index (χ1n) is 10.6. The number of hydrogen-bond donors (Lipinski definition) is 2. The van der Waals surface area contributed by atoms with E-state index in [4.69, 9.17) is 0 Å². The summed E-state index contributed by atoms with van der Waals surface area (Å²) in [5.74, 6) is -7.13. The summed E-state index contributed by atoms with van der Waals surface area (Å²) >= 11 is 0. The third kappa shape index (κ3) is 4.36. The first kappa shape index (κ1) is 25.0. The zero-order chi connectivity index (χ0) is 27.2. The molecule has 0 saturated heterocycles. The fraction of sp³-hybridized carbons (Fsp3) is 0. The number of pyridine rings is 2. The molecule has 192 valence electrons. The van der Waals surface area contributed by atoms with Gasteiger partial charge in [-0.25, -0.2) is 35.4 Å². The van der Waals surface area contributed by atoms with Crippen LogP contribution in [-0.2, 0) is 10.0 Å². The van der Waals surface area contributed by atoms with Crippen molar-refractivity contribution in [1.82, 2.24) is 15.0 Å². The Hall–Kier alpha value is -4.65. The monoisotopic (exact) mass is 544 g/mol. The van der Waals surface area contributed by atoms with Gasteiger partial charge in [-0.2, -0.15) is 0 Å². The van der Waals surface area contributed by atoms with E-state index in [0.717, 1.165) is 12.4 Å². The number of nitrogens with one attached hydrogen (secondary N) is 2. The predicted molar refractivity (Wildman–Crippen MR) is 126 cm³/mol. The molecule has 0 atom stereocenters. The van der Waals surface area contributed by atoms with Gasteiger partial charge in [-0.1, -0.05) is 0 Å². The summed E-state index contributed by atoms with van der Waals surface area (Å²) in [4.78, 5) is 22.6. The Morgan fingerprint density at radius 3 is 2.42 bits per heavy atom. The molecule has 5 aromatic rings. The SMILES string of the molecule is O=C(c1c(F)ccc(NS(=O)(=O)c2cc(F)ccc2F)c1F)c1c[nH]c2ncc(-c3ccncc3F)cc12. The van der Waals surface area contributed by atoms with Gasteiger partial charge in [0.25, 0.3) is 10.0 Å². The van der Waals surface area contributed by atoms with Crippen LogP contribution >= 0.6 is 0 Å². The van der Waals surface area contributed by atoms with Gasteiger partial charge >= 0.3 is 0 Å². The number of fused-ring (bicyclic) bond motifs is 1. The third-order valence-electron chi connectivity index (χ3n) is 5.60. The zero-order valence-electron chi connectivity index (χ0n) is 18.8. The quantitative estimate of drug-likeness (QED) is 0.222. The van der Waals surface area contributed by atoms with Gasteiger partial charge in [0.1, 0.15) is 33.8 Å². The molecule has 2 N–H and O–H groups in total. The number of H-pyrrole nitrogens is 1. The fourth-order valence-corrected chi connectivity index (χ4v) is 4.95. The third-order valence-corrected chi connectivity index (χ3v) is 6.98. The van der Waals surface area contributed by atoms with E-state index < -0.39 is 61.0 Å². The number of aromatic nitrogens is 3. The lowest BCUT2D eigenvalue weighted by Crippen LogP contribution is -2.17. The molecule has 0 saturated carbocycles. The number of carbonyl (C=O) groups is 1. The molecule has 7 nitrogen and oxygen atoms in total. The molecule has 0 spiro atoms. The molecule has 0 aliphatic carbocycles. The van der Waals surface area contributed by atoms with Crippen molar-refractivity contribution in [3.63, 3.8) is 0 Å². The predicted octanol–water partition coefficient (Wildman–Crippen LogP) is 5.35. The van der Waals surface area contributed by atoms with Crippen LogP contribution in [0.5, 0.6) is 0 Å². The van der Waals surface area contributed by atoms with E-state index in [1.165, 1.54) is 24.5 Å². The Labute approximate surface area is 211 Å². The smallest absolute Gasteiger partial charge is 0.265 e. The van der Waals surface area contributed by atoms with E-state index in [1.54, 1.807) is 4.72 Å². The van der Waals surface area contributed by atoms with Crippen LogP contribution in [0.1, 0.15) is 15.9 Å². The number of halogens is 5. The summed E-state index contributed by atoms with van der Waals surface area (Å²) in [6, 6.07) is 5.74. The van der Waals surface area contributed by atoms with Gasteiger partial charge < -0.3 is 4.98 Å². The number of ketones is 1. The number of sulfonamides is 1. The Morgan fingerprint density at radius 2 is 1.66 bits per heavy atom. The van der Waals surface area contributed by atoms with Crippen molar-refractivity contribution in [3.05, 3.63) is 107 Å². The van der Waals surface area contributed by atoms with Crippen molar-refractivity contribution < 1.29 is 35.2 Å². The van der Waals surface area contributed by atoms with Crippen LogP contribution in [0.15, 0.2) is 72.1 Å². The molecule has 0 radical (unpaired) electrons. The standard InChI is InChI=1S/C25H13F5N4O3S/c26-13-1-2-17(27)21(8-13)38(36,37)34-20-4-3-18(28)22(23(20)30)24(35)16-10-33-25-15(16)7-12(9-32-25)14-5-6-31-11-19(14)29/h1-11,34H,(H,32,33). The molecule has 13 heteroatoms. The number of anilines is 1. The maximum atomic E-state index is 15.4. The fourth-order valence-electron chi connectivity index (χ4n) is 3.80. The molecule has 0 aliphatic rings. The van der Waals surface area contributed by atoms with Crippen molar-refractivity contribution in [2.45, 2.75) is 4.90 Å². The van der Waals surface area contributed by atoms with Gasteiger partial charge in [-0.3, -0.25) is 14.5 Å². The molecular formula is C25H13F5N4O3S. The summed E-state index contributed by atoms with van der Waals surface area (Å²) in [6.07, 6.45) is 4.80. The molecule has 38 heavy (non-hydrogen) atoms. The molecule has 3 aromatic heterocycles. The first-order chi connectivity index (χ1) is 18.1. The van der Waals surface area contributed by atoms with E-state index >= 15 is 4.39 Å². The van der Waals surface area contributed by atoms with Gasteiger partial charge in [-0.05, 0) is 42.5 Å². The summed E-state index contributed by atoms with van der Waals surface area (Å²) in [5, 5.41) is 0.107. The van der Waals surface area contributed by atoms with Crippen LogP contribution in [0.4, 0.5) is 27.6 Å². The number of rotatable bonds is 6. The number of hydrogen-bond acceptors (Lipinski definition) is 5. The largest absolute Gasteiger partial charge is 0.345 e. The van der Waals surface area contributed by atoms with E-state index in [-0.39, 0.29) is 27.7 Å². The summed E-state index contributed by atoms with van der Waals surface area (Å²) in [6.45, 7) is 0. The number of benzene rings is 2. The highest BCUT2D eigenvalue weighted by molar-refractivity contribution is 7.92. The molecule has 2 aromatic carbocycles. The van der Waals surface area contributed by atoms with Gasteiger partial charge in [0.05, 0.1) is 17.4 Å². The van der Waals surface area contributed by atoms with E-state index in [1.807, 2.05) is 0 Å². The lowest BCUT2D eigenvalue weighted by atomic mass is 10.00. The van der Waals surface area contributed by atoms with Crippen LogP contribution in [-0.4, -0.2) is 29.2 Å². The van der Waals surface area contributed by atoms with E-state index in [2.05, 4.69) is 15.0 Å². The molecule has 0 fully saturated rings. The minimum atomic E-state index is -4.87. The van der Waals surface area contributed by atoms with Gasteiger partial charge in [0, 0.05) is 40.7 Å². The number of aromatic amines is 1. The second-order valence-corrected chi connectivity index (χ2v) is 9.62. The van der Waals surface area contributed by atoms with Crippen molar-refractivity contribution >= 4 is 32.5 Å². The van der Waals surface area contributed by atoms with Gasteiger partial charge in [0.15, 0.2) is 5.82 Å². The summed E-state index contributed by atoms with van der Waals surface area (Å²) in [7, 11) is -4.87. The molecule has 3 heterocycles. The van der Waals surface area contributed by atoms with Crippen molar-refractivity contribution in [1.29, 1.82) is 0 Å². The first-order valence-corrected chi connectivity index (χ1v) is 12.1. The minimum Gasteiger partial charge on any atom is -0.345 e. The molecular weight excluding hydrogens is 531 g/mol. The Kier molecular flexibility index (Phi) is 6.15. The lowest BCUT2D eigenvalue weighted by Gasteiger charge is -2.12. The van der Waals surface area contributed by atoms with Crippen molar-refractivity contribution in [3.8, 4) is 11.1 Å². The average Bonchev–Trinajstić information content (AvgIpc) is 3.31. The second kappa shape index (κ2) is 9.34. The molecule has 0 unspecified atom stereocenters. The van der Waals surface area contributed by atoms with Gasteiger partial charge in [-0.15, -0.1) is 0 Å². The molecule has 0 amide bonds. The van der Waals surface area contributed by atoms with E-state index in [0.29, 0.717) is 30.3 Å². The zero-order valence-corrected chi connectivity index (χ0v) is 19.6. The highest BCUT2D eigenvalue weighted by Gasteiger charge is 2.28. The van der Waals surface area contributed by atoms with Crippen LogP contribution < -0.4 is 4.72 Å². The number of nitrogens with zero attached hydrogens (tertiary/aromatic N) is 2. The van der Waals surface area contributed by atoms with Crippen LogP contribution in [0.2, 0.25) is 0 Å². The maximum absolute atomic E-state index is 15.4. The van der Waals surface area contributed by atoms with Gasteiger partial charge in [0.2, 0.25) is 5.78 Å². The topological polar surface area (TPSA) is 105 Å². The average molecular weight is 544 g/mol. The van der Waals surface area contributed by atoms with Crippen molar-refractivity contribution in [2.75, 3.05) is 4.72 Å². The van der Waals surface area contributed by atoms with Crippen LogP contribution in [0.3, 0.4) is 0 Å². The lowest BCUT2D eigenvalue weighted by molar-refractivity contribution is 0.103. The highest BCUT2D eigenvalue weighted by Crippen LogP contribution is 2.31. The normalized spacial score (nSPS) is 11.6. The Bertz CT molecular complexity index is 1860. The molecule has 0 aliphatic heterocycles. The molecule has 5 rings (SSSR count). The van der Waals surface area contributed by atoms with Crippen molar-refractivity contribution in [2.24, 2.45) is 0 Å². The maximum Gasteiger partial charge on any atom is 0.265 e. The van der Waals surface area contributed by atoms with Crippen LogP contribution in [0, 0.1) is 29.1 Å². The van der Waals surface area contributed by atoms with E-state index in [9.17, 15) is 30.8 Å². The highest BCUT2D eigenvalue weighted by atomic mass is 32.2. The number of carbonyl (C=O) groups excluding carboxylic acids is 1. The summed E-state index contributed by atoms with van der Waals surface area (Å²) in [5.41, 5.74) is -1.70. The van der Waals surface area contributed by atoms with Crippen LogP contribution in [0.25, 0.3) is 22.2 Å². The summed E-state index contributed by atoms with van der Waals surface area (Å²) < 4.78 is 98.7.